The molecule has 2 N–H and O–H groups in total. The summed E-state index contributed by atoms with van der Waals surface area (Å²) in [6.07, 6.45) is 4.53. The van der Waals surface area contributed by atoms with Crippen LogP contribution in [0.3, 0.4) is 0 Å². The van der Waals surface area contributed by atoms with Crippen LogP contribution in [0.1, 0.15) is 45.1 Å². The van der Waals surface area contributed by atoms with E-state index in [1.807, 2.05) is 19.1 Å². The van der Waals surface area contributed by atoms with Crippen LogP contribution in [0.25, 0.3) is 0 Å². The lowest BCUT2D eigenvalue weighted by Gasteiger charge is -2.31. The van der Waals surface area contributed by atoms with Crippen molar-refractivity contribution < 1.29 is 18.1 Å². The number of piperazine rings is 1. The number of hydrogen-bond donors (Lipinski definition) is 2. The number of unbranched alkanes of at least 4 members (excludes halogenated alkanes) is 2. The van der Waals surface area contributed by atoms with Crippen LogP contribution in [0.2, 0.25) is 0 Å². The van der Waals surface area contributed by atoms with Crippen LogP contribution >= 0.6 is 0 Å². The number of benzene rings is 1. The second kappa shape index (κ2) is 10.2. The summed E-state index contributed by atoms with van der Waals surface area (Å²) in [5.74, 6) is 0.0591. The molecule has 0 radical (unpaired) electrons. The molecule has 1 aromatic rings. The Labute approximate surface area is 164 Å². The summed E-state index contributed by atoms with van der Waals surface area (Å²) in [5, 5.41) is 3.07. The fourth-order valence-corrected chi connectivity index (χ4v) is 4.85. The first kappa shape index (κ1) is 21.9. The van der Waals surface area contributed by atoms with Gasteiger partial charge in [0.15, 0.2) is 6.54 Å². The Hall–Kier alpha value is -1.44. The minimum atomic E-state index is -3.44. The molecule has 1 heterocycles. The largest absolute Gasteiger partial charge is 0.349 e. The lowest BCUT2D eigenvalue weighted by atomic mass is 10.1. The van der Waals surface area contributed by atoms with Crippen molar-refractivity contribution in [3.8, 4) is 0 Å². The highest BCUT2D eigenvalue weighted by Gasteiger charge is 2.31. The summed E-state index contributed by atoms with van der Waals surface area (Å²) in [6.45, 7) is 8.78. The Morgan fingerprint density at radius 3 is 2.41 bits per heavy atom. The van der Waals surface area contributed by atoms with Crippen molar-refractivity contribution in [3.63, 3.8) is 0 Å². The highest BCUT2D eigenvalue weighted by Crippen LogP contribution is 2.16. The molecule has 2 rings (SSSR count). The normalized spacial score (nSPS) is 17.6. The molecular formula is C20H34N3O3S+. The van der Waals surface area contributed by atoms with Crippen LogP contribution in [-0.4, -0.2) is 57.4 Å². The molecule has 1 aromatic carbocycles. The van der Waals surface area contributed by atoms with Crippen LogP contribution in [0.5, 0.6) is 0 Å². The van der Waals surface area contributed by atoms with E-state index in [0.717, 1.165) is 23.3 Å². The number of aryl methyl sites for hydroxylation is 1. The van der Waals surface area contributed by atoms with Crippen molar-refractivity contribution in [1.82, 2.24) is 9.62 Å². The topological polar surface area (TPSA) is 70.9 Å². The molecule has 27 heavy (non-hydrogen) atoms. The highest BCUT2D eigenvalue weighted by atomic mass is 32.2. The molecule has 7 heteroatoms. The minimum absolute atomic E-state index is 0.0591. The maximum atomic E-state index is 12.7. The van der Waals surface area contributed by atoms with Gasteiger partial charge in [-0.2, -0.15) is 4.31 Å². The Morgan fingerprint density at radius 1 is 1.19 bits per heavy atom. The molecule has 0 aromatic heterocycles. The summed E-state index contributed by atoms with van der Waals surface area (Å²) in [4.78, 5) is 13.7. The molecule has 1 amide bonds. The number of hydrogen-bond acceptors (Lipinski definition) is 3. The number of carbonyl (C=O) groups excluding carboxylic acids is 1. The van der Waals surface area contributed by atoms with Gasteiger partial charge in [-0.3, -0.25) is 4.79 Å². The van der Waals surface area contributed by atoms with E-state index in [1.165, 1.54) is 17.1 Å². The quantitative estimate of drug-likeness (QED) is 0.611. The van der Waals surface area contributed by atoms with E-state index < -0.39 is 10.0 Å². The molecule has 1 saturated heterocycles. The molecule has 1 aliphatic heterocycles. The average Bonchev–Trinajstić information content (AvgIpc) is 2.62. The highest BCUT2D eigenvalue weighted by molar-refractivity contribution is 7.89. The maximum Gasteiger partial charge on any atom is 0.275 e. The molecule has 0 saturated carbocycles. The van der Waals surface area contributed by atoms with E-state index in [2.05, 4.69) is 19.2 Å². The van der Waals surface area contributed by atoms with Crippen molar-refractivity contribution in [2.75, 3.05) is 32.7 Å². The fourth-order valence-electron chi connectivity index (χ4n) is 3.40. The molecule has 0 aliphatic carbocycles. The van der Waals surface area contributed by atoms with Crippen LogP contribution in [0.15, 0.2) is 29.2 Å². The van der Waals surface area contributed by atoms with E-state index in [1.54, 1.807) is 12.1 Å². The van der Waals surface area contributed by atoms with Crippen LogP contribution in [0.4, 0.5) is 0 Å². The van der Waals surface area contributed by atoms with Gasteiger partial charge in [0, 0.05) is 6.04 Å². The van der Waals surface area contributed by atoms with Gasteiger partial charge in [0.05, 0.1) is 31.1 Å². The van der Waals surface area contributed by atoms with Crippen molar-refractivity contribution in [2.45, 2.75) is 57.4 Å². The lowest BCUT2D eigenvalue weighted by Crippen LogP contribution is -3.15. The summed E-state index contributed by atoms with van der Waals surface area (Å²) in [7, 11) is -3.44. The van der Waals surface area contributed by atoms with Gasteiger partial charge in [-0.25, -0.2) is 8.42 Å². The van der Waals surface area contributed by atoms with Crippen LogP contribution < -0.4 is 10.2 Å². The monoisotopic (exact) mass is 396 g/mol. The van der Waals surface area contributed by atoms with Gasteiger partial charge < -0.3 is 10.2 Å². The lowest BCUT2D eigenvalue weighted by molar-refractivity contribution is -0.895. The second-order valence-electron chi connectivity index (χ2n) is 7.61. The number of nitrogens with zero attached hydrogens (tertiary/aromatic N) is 1. The van der Waals surface area contributed by atoms with E-state index in [0.29, 0.717) is 37.6 Å². The third-order valence-corrected chi connectivity index (χ3v) is 7.06. The Balaban J connectivity index is 1.79. The molecule has 1 aliphatic rings. The fraction of sp³-hybridized carbons (Fsp3) is 0.650. The summed E-state index contributed by atoms with van der Waals surface area (Å²) in [5.41, 5.74) is 1.04. The van der Waals surface area contributed by atoms with Crippen molar-refractivity contribution in [3.05, 3.63) is 29.8 Å². The van der Waals surface area contributed by atoms with Gasteiger partial charge >= 0.3 is 0 Å². The molecule has 0 unspecified atom stereocenters. The number of quaternary nitrogens is 1. The number of carbonyl (C=O) groups is 1. The van der Waals surface area contributed by atoms with Gasteiger partial charge in [-0.05, 0) is 32.4 Å². The van der Waals surface area contributed by atoms with Crippen LogP contribution in [-0.2, 0) is 14.8 Å². The molecule has 1 fully saturated rings. The zero-order chi connectivity index (χ0) is 19.9. The summed E-state index contributed by atoms with van der Waals surface area (Å²) in [6, 6.07) is 7.17. The van der Waals surface area contributed by atoms with E-state index in [4.69, 9.17) is 0 Å². The van der Waals surface area contributed by atoms with Gasteiger partial charge in [0.25, 0.3) is 5.91 Å². The molecule has 6 nitrogen and oxygen atoms in total. The predicted molar refractivity (Wildman–Crippen MR) is 107 cm³/mol. The SMILES string of the molecule is CCCCC[C@@H](C)NC(=O)C[NH+]1CCN(S(=O)(=O)c2ccc(C)cc2)CC1. The third kappa shape index (κ3) is 6.59. The molecule has 1 atom stereocenters. The van der Waals surface area contributed by atoms with E-state index in [9.17, 15) is 13.2 Å². The van der Waals surface area contributed by atoms with Crippen molar-refractivity contribution >= 4 is 15.9 Å². The minimum Gasteiger partial charge on any atom is -0.349 e. The first-order valence-electron chi connectivity index (χ1n) is 10.0. The first-order valence-corrected chi connectivity index (χ1v) is 11.5. The van der Waals surface area contributed by atoms with E-state index in [-0.39, 0.29) is 11.9 Å². The standard InChI is InChI=1S/C20H33N3O3S/c1-4-5-6-7-18(3)21-20(24)16-22-12-14-23(15-13-22)27(25,26)19-10-8-17(2)9-11-19/h8-11,18H,4-7,12-16H2,1-3H3,(H,21,24)/p+1/t18-/m1/s1. The number of amides is 1. The Bertz CT molecular complexity index is 696. The first-order chi connectivity index (χ1) is 12.8. The van der Waals surface area contributed by atoms with Crippen molar-refractivity contribution in [2.24, 2.45) is 0 Å². The third-order valence-electron chi connectivity index (χ3n) is 5.15. The van der Waals surface area contributed by atoms with E-state index >= 15 is 0 Å². The van der Waals surface area contributed by atoms with Crippen molar-refractivity contribution in [1.29, 1.82) is 0 Å². The average molecular weight is 397 g/mol. The molecule has 152 valence electrons. The number of nitrogens with one attached hydrogen (secondary N) is 2. The van der Waals surface area contributed by atoms with Crippen LogP contribution in [0, 0.1) is 6.92 Å². The predicted octanol–water partition coefficient (Wildman–Crippen LogP) is 0.969. The zero-order valence-corrected chi connectivity index (χ0v) is 17.6. The van der Waals surface area contributed by atoms with Gasteiger partial charge in [-0.15, -0.1) is 0 Å². The summed E-state index contributed by atoms with van der Waals surface area (Å²) < 4.78 is 27.0. The molecular weight excluding hydrogens is 362 g/mol. The summed E-state index contributed by atoms with van der Waals surface area (Å²) >= 11 is 0. The zero-order valence-electron chi connectivity index (χ0n) is 16.8. The molecule has 0 spiro atoms. The second-order valence-corrected chi connectivity index (χ2v) is 9.55. The van der Waals surface area contributed by atoms with Gasteiger partial charge in [0.2, 0.25) is 10.0 Å². The smallest absolute Gasteiger partial charge is 0.275 e. The number of rotatable bonds is 9. The Morgan fingerprint density at radius 2 is 1.81 bits per heavy atom. The van der Waals surface area contributed by atoms with Gasteiger partial charge in [0.1, 0.15) is 0 Å². The Kier molecular flexibility index (Phi) is 8.26. The van der Waals surface area contributed by atoms with Gasteiger partial charge in [-0.1, -0.05) is 43.9 Å². The maximum absolute atomic E-state index is 12.7. The number of sulfonamides is 1. The molecule has 0 bridgehead atoms.